The second-order valence-electron chi connectivity index (χ2n) is 4.73. The number of amides is 2. The van der Waals surface area contributed by atoms with E-state index in [-0.39, 0.29) is 11.8 Å². The summed E-state index contributed by atoms with van der Waals surface area (Å²) in [6.07, 6.45) is 1.56. The lowest BCUT2D eigenvalue weighted by Crippen LogP contribution is -2.30. The Kier molecular flexibility index (Phi) is 2.94. The summed E-state index contributed by atoms with van der Waals surface area (Å²) in [7, 11) is 0. The van der Waals surface area contributed by atoms with Gasteiger partial charge in [0, 0.05) is 10.7 Å². The zero-order chi connectivity index (χ0) is 14.4. The number of anilines is 1. The molecule has 1 aliphatic rings. The van der Waals surface area contributed by atoms with Crippen LogP contribution in [0.2, 0.25) is 0 Å². The first-order valence-electron chi connectivity index (χ1n) is 6.11. The second kappa shape index (κ2) is 4.52. The van der Waals surface area contributed by atoms with E-state index in [1.165, 1.54) is 0 Å². The summed E-state index contributed by atoms with van der Waals surface area (Å²) in [5.41, 5.74) is 2.58. The summed E-state index contributed by atoms with van der Waals surface area (Å²) >= 11 is 3.32. The van der Waals surface area contributed by atoms with E-state index in [1.54, 1.807) is 18.3 Å². The van der Waals surface area contributed by atoms with E-state index >= 15 is 0 Å². The molecule has 20 heavy (non-hydrogen) atoms. The van der Waals surface area contributed by atoms with Gasteiger partial charge in [0.05, 0.1) is 11.1 Å². The molecule has 0 radical (unpaired) electrons. The van der Waals surface area contributed by atoms with Crippen LogP contribution in [0.4, 0.5) is 5.82 Å². The van der Waals surface area contributed by atoms with Gasteiger partial charge in [0.2, 0.25) is 0 Å². The predicted molar refractivity (Wildman–Crippen MR) is 79.0 cm³/mol. The third-order valence-electron chi connectivity index (χ3n) is 3.39. The lowest BCUT2D eigenvalue weighted by Gasteiger charge is -2.12. The van der Waals surface area contributed by atoms with Gasteiger partial charge in [-0.1, -0.05) is 28.1 Å². The van der Waals surface area contributed by atoms with Crippen molar-refractivity contribution < 1.29 is 9.59 Å². The molecule has 0 saturated carbocycles. The van der Waals surface area contributed by atoms with E-state index in [0.29, 0.717) is 16.9 Å². The van der Waals surface area contributed by atoms with E-state index in [9.17, 15) is 9.59 Å². The SMILES string of the molecule is Cc1ccc(C)c2c1C(=O)N(c1cc(Br)ccn1)C2=O. The lowest BCUT2D eigenvalue weighted by molar-refractivity contribution is 0.0925. The van der Waals surface area contributed by atoms with Gasteiger partial charge in [-0.25, -0.2) is 9.88 Å². The monoisotopic (exact) mass is 330 g/mol. The molecule has 0 atom stereocenters. The lowest BCUT2D eigenvalue weighted by atomic mass is 9.99. The molecule has 0 N–H and O–H groups in total. The number of carbonyl (C=O) groups is 2. The number of aromatic nitrogens is 1. The molecule has 100 valence electrons. The van der Waals surface area contributed by atoms with Gasteiger partial charge in [-0.15, -0.1) is 0 Å². The number of fused-ring (bicyclic) bond motifs is 1. The molecule has 2 heterocycles. The molecule has 1 aromatic carbocycles. The molecule has 0 bridgehead atoms. The zero-order valence-corrected chi connectivity index (χ0v) is 12.6. The van der Waals surface area contributed by atoms with Crippen molar-refractivity contribution in [3.63, 3.8) is 0 Å². The molecule has 4 nitrogen and oxygen atoms in total. The highest BCUT2D eigenvalue weighted by molar-refractivity contribution is 9.10. The number of benzene rings is 1. The van der Waals surface area contributed by atoms with Crippen LogP contribution in [0.15, 0.2) is 34.9 Å². The van der Waals surface area contributed by atoms with Crippen molar-refractivity contribution in [2.75, 3.05) is 4.90 Å². The Morgan fingerprint density at radius 2 is 1.55 bits per heavy atom. The van der Waals surface area contributed by atoms with Crippen molar-refractivity contribution in [2.24, 2.45) is 0 Å². The van der Waals surface area contributed by atoms with Crippen molar-refractivity contribution >= 4 is 33.6 Å². The third-order valence-corrected chi connectivity index (χ3v) is 3.89. The average Bonchev–Trinajstić information content (AvgIpc) is 2.67. The first kappa shape index (κ1) is 13.0. The summed E-state index contributed by atoms with van der Waals surface area (Å²) < 4.78 is 0.771. The number of hydrogen-bond acceptors (Lipinski definition) is 3. The minimum absolute atomic E-state index is 0.309. The molecule has 3 rings (SSSR count). The van der Waals surface area contributed by atoms with Crippen LogP contribution in [0.25, 0.3) is 0 Å². The quantitative estimate of drug-likeness (QED) is 0.754. The van der Waals surface area contributed by atoms with Crippen molar-refractivity contribution in [1.29, 1.82) is 0 Å². The van der Waals surface area contributed by atoms with Gasteiger partial charge in [-0.3, -0.25) is 9.59 Å². The third kappa shape index (κ3) is 1.78. The largest absolute Gasteiger partial charge is 0.268 e. The Morgan fingerprint density at radius 3 is 2.05 bits per heavy atom. The first-order chi connectivity index (χ1) is 9.50. The number of imide groups is 1. The smallest absolute Gasteiger partial charge is 0.267 e. The molecule has 1 aromatic heterocycles. The van der Waals surface area contributed by atoms with Gasteiger partial charge in [-0.2, -0.15) is 0 Å². The van der Waals surface area contributed by atoms with Crippen molar-refractivity contribution in [2.45, 2.75) is 13.8 Å². The van der Waals surface area contributed by atoms with E-state index in [0.717, 1.165) is 20.5 Å². The molecule has 1 aliphatic heterocycles. The van der Waals surface area contributed by atoms with Gasteiger partial charge < -0.3 is 0 Å². The Hall–Kier alpha value is -2.01. The van der Waals surface area contributed by atoms with Crippen molar-refractivity contribution in [3.05, 3.63) is 57.2 Å². The van der Waals surface area contributed by atoms with Crippen molar-refractivity contribution in [3.8, 4) is 0 Å². The molecule has 5 heteroatoms. The Morgan fingerprint density at radius 1 is 1.00 bits per heavy atom. The van der Waals surface area contributed by atoms with Crippen LogP contribution >= 0.6 is 15.9 Å². The predicted octanol–water partition coefficient (Wildman–Crippen LogP) is 3.26. The van der Waals surface area contributed by atoms with Gasteiger partial charge in [0.1, 0.15) is 5.82 Å². The van der Waals surface area contributed by atoms with Gasteiger partial charge in [-0.05, 0) is 37.1 Å². The summed E-state index contributed by atoms with van der Waals surface area (Å²) in [6, 6.07) is 7.12. The highest BCUT2D eigenvalue weighted by Gasteiger charge is 2.39. The van der Waals surface area contributed by atoms with Crippen LogP contribution in [0, 0.1) is 13.8 Å². The highest BCUT2D eigenvalue weighted by atomic mass is 79.9. The number of aryl methyl sites for hydroxylation is 2. The fourth-order valence-corrected chi connectivity index (χ4v) is 2.72. The van der Waals surface area contributed by atoms with E-state index < -0.39 is 0 Å². The van der Waals surface area contributed by atoms with E-state index in [1.807, 2.05) is 26.0 Å². The molecular weight excluding hydrogens is 320 g/mol. The van der Waals surface area contributed by atoms with E-state index in [2.05, 4.69) is 20.9 Å². The second-order valence-corrected chi connectivity index (χ2v) is 5.64. The molecule has 2 aromatic rings. The number of halogens is 1. The maximum absolute atomic E-state index is 12.5. The zero-order valence-electron chi connectivity index (χ0n) is 11.0. The minimum Gasteiger partial charge on any atom is -0.268 e. The molecule has 2 amide bonds. The van der Waals surface area contributed by atoms with E-state index in [4.69, 9.17) is 0 Å². The summed E-state index contributed by atoms with van der Waals surface area (Å²) in [5, 5.41) is 0. The average molecular weight is 331 g/mol. The van der Waals surface area contributed by atoms with Gasteiger partial charge >= 0.3 is 0 Å². The summed E-state index contributed by atoms with van der Waals surface area (Å²) in [5.74, 6) is -0.280. The summed E-state index contributed by atoms with van der Waals surface area (Å²) in [6.45, 7) is 3.67. The Bertz CT molecular complexity index is 715. The van der Waals surface area contributed by atoms with Crippen LogP contribution in [-0.2, 0) is 0 Å². The van der Waals surface area contributed by atoms with Crippen molar-refractivity contribution in [1.82, 2.24) is 4.98 Å². The van der Waals surface area contributed by atoms with Crippen LogP contribution in [0.1, 0.15) is 31.8 Å². The van der Waals surface area contributed by atoms with Gasteiger partial charge in [0.25, 0.3) is 11.8 Å². The van der Waals surface area contributed by atoms with Crippen LogP contribution in [0.5, 0.6) is 0 Å². The number of hydrogen-bond donors (Lipinski definition) is 0. The number of nitrogens with zero attached hydrogens (tertiary/aromatic N) is 2. The Balaban J connectivity index is 2.20. The molecule has 0 unspecified atom stereocenters. The van der Waals surface area contributed by atoms with Gasteiger partial charge in [0.15, 0.2) is 0 Å². The maximum atomic E-state index is 12.5. The molecule has 0 spiro atoms. The molecule has 0 aliphatic carbocycles. The standard InChI is InChI=1S/C15H11BrN2O2/c1-8-3-4-9(2)13-12(8)14(19)18(15(13)20)11-7-10(16)5-6-17-11/h3-7H,1-2H3. The first-order valence-corrected chi connectivity index (χ1v) is 6.90. The van der Waals surface area contributed by atoms with Crippen LogP contribution in [-0.4, -0.2) is 16.8 Å². The molecule has 0 fully saturated rings. The van der Waals surface area contributed by atoms with Crippen LogP contribution in [0.3, 0.4) is 0 Å². The molecule has 0 saturated heterocycles. The Labute approximate surface area is 124 Å². The fourth-order valence-electron chi connectivity index (χ4n) is 2.40. The molecular formula is C15H11BrN2O2. The maximum Gasteiger partial charge on any atom is 0.267 e. The van der Waals surface area contributed by atoms with Crippen LogP contribution < -0.4 is 4.90 Å². The summed E-state index contributed by atoms with van der Waals surface area (Å²) in [4.78, 5) is 30.3. The normalized spacial score (nSPS) is 13.8. The number of rotatable bonds is 1. The number of carbonyl (C=O) groups excluding carboxylic acids is 2. The topological polar surface area (TPSA) is 50.3 Å². The fraction of sp³-hybridized carbons (Fsp3) is 0.133. The highest BCUT2D eigenvalue weighted by Crippen LogP contribution is 2.32. The number of pyridine rings is 1. The minimum atomic E-state index is -0.309.